The van der Waals surface area contributed by atoms with Crippen LogP contribution in [0.3, 0.4) is 0 Å². The molecule has 0 unspecified atom stereocenters. The molecule has 0 aliphatic heterocycles. The SMILES string of the molecule is COc1ccc(C)c(-c2nc3ncncc3[nH]2)c1. The van der Waals surface area contributed by atoms with Crippen molar-refractivity contribution in [1.82, 2.24) is 19.9 Å². The smallest absolute Gasteiger partial charge is 0.181 e. The molecule has 0 bridgehead atoms. The number of fused-ring (bicyclic) bond motifs is 1. The fourth-order valence-electron chi connectivity index (χ4n) is 1.87. The third-order valence-electron chi connectivity index (χ3n) is 2.86. The first kappa shape index (κ1) is 10.7. The second kappa shape index (κ2) is 4.10. The zero-order chi connectivity index (χ0) is 12.5. The van der Waals surface area contributed by atoms with Gasteiger partial charge in [-0.3, -0.25) is 0 Å². The molecule has 0 atom stereocenters. The Morgan fingerprint density at radius 3 is 2.94 bits per heavy atom. The molecule has 90 valence electrons. The lowest BCUT2D eigenvalue weighted by Crippen LogP contribution is -1.88. The zero-order valence-electron chi connectivity index (χ0n) is 10.1. The molecule has 3 aromatic rings. The van der Waals surface area contributed by atoms with Crippen LogP contribution in [0.25, 0.3) is 22.6 Å². The van der Waals surface area contributed by atoms with Crippen LogP contribution in [0.1, 0.15) is 5.56 Å². The highest BCUT2D eigenvalue weighted by molar-refractivity contribution is 5.76. The van der Waals surface area contributed by atoms with Crippen LogP contribution in [0.2, 0.25) is 0 Å². The monoisotopic (exact) mass is 240 g/mol. The fraction of sp³-hybridized carbons (Fsp3) is 0.154. The van der Waals surface area contributed by atoms with Crippen LogP contribution in [0.5, 0.6) is 5.75 Å². The van der Waals surface area contributed by atoms with E-state index >= 15 is 0 Å². The van der Waals surface area contributed by atoms with Gasteiger partial charge in [0, 0.05) is 5.56 Å². The van der Waals surface area contributed by atoms with Gasteiger partial charge in [-0.1, -0.05) is 6.07 Å². The van der Waals surface area contributed by atoms with Crippen LogP contribution in [0, 0.1) is 6.92 Å². The van der Waals surface area contributed by atoms with Crippen molar-refractivity contribution in [3.05, 3.63) is 36.3 Å². The van der Waals surface area contributed by atoms with Crippen molar-refractivity contribution in [3.63, 3.8) is 0 Å². The molecule has 0 spiro atoms. The number of imidazole rings is 1. The normalized spacial score (nSPS) is 10.8. The van der Waals surface area contributed by atoms with Crippen LogP contribution in [0.15, 0.2) is 30.7 Å². The topological polar surface area (TPSA) is 63.7 Å². The van der Waals surface area contributed by atoms with Gasteiger partial charge in [0.25, 0.3) is 0 Å². The Morgan fingerprint density at radius 2 is 2.17 bits per heavy atom. The molecule has 5 heteroatoms. The summed E-state index contributed by atoms with van der Waals surface area (Å²) in [6.07, 6.45) is 3.21. The zero-order valence-corrected chi connectivity index (χ0v) is 10.1. The van der Waals surface area contributed by atoms with Crippen molar-refractivity contribution in [3.8, 4) is 17.1 Å². The maximum atomic E-state index is 5.24. The quantitative estimate of drug-likeness (QED) is 0.746. The Kier molecular flexibility index (Phi) is 2.44. The Labute approximate surface area is 104 Å². The molecule has 2 heterocycles. The summed E-state index contributed by atoms with van der Waals surface area (Å²) < 4.78 is 5.24. The lowest BCUT2D eigenvalue weighted by molar-refractivity contribution is 0.415. The van der Waals surface area contributed by atoms with E-state index in [1.54, 1.807) is 13.3 Å². The number of aromatic nitrogens is 4. The fourth-order valence-corrected chi connectivity index (χ4v) is 1.87. The number of nitrogens with zero attached hydrogens (tertiary/aromatic N) is 3. The van der Waals surface area contributed by atoms with Crippen LogP contribution in [-0.4, -0.2) is 27.0 Å². The molecule has 2 aromatic heterocycles. The second-order valence-electron chi connectivity index (χ2n) is 4.03. The summed E-state index contributed by atoms with van der Waals surface area (Å²) in [7, 11) is 1.65. The molecule has 0 saturated carbocycles. The Morgan fingerprint density at radius 1 is 1.28 bits per heavy atom. The van der Waals surface area contributed by atoms with E-state index in [4.69, 9.17) is 4.74 Å². The standard InChI is InChI=1S/C13H12N4O/c1-8-3-4-9(18-2)5-10(8)12-16-11-6-14-7-15-13(11)17-12/h3-7H,1-2H3,(H,14,15,16,17). The molecule has 5 nitrogen and oxygen atoms in total. The van der Waals surface area contributed by atoms with E-state index in [0.717, 1.165) is 28.2 Å². The first-order valence-electron chi connectivity index (χ1n) is 5.58. The van der Waals surface area contributed by atoms with Crippen molar-refractivity contribution < 1.29 is 4.74 Å². The van der Waals surface area contributed by atoms with Gasteiger partial charge in [0.15, 0.2) is 5.65 Å². The third-order valence-corrected chi connectivity index (χ3v) is 2.86. The van der Waals surface area contributed by atoms with Gasteiger partial charge < -0.3 is 9.72 Å². The van der Waals surface area contributed by atoms with Gasteiger partial charge in [0.1, 0.15) is 23.4 Å². The molecule has 1 N–H and O–H groups in total. The lowest BCUT2D eigenvalue weighted by Gasteiger charge is -2.05. The highest BCUT2D eigenvalue weighted by Crippen LogP contribution is 2.26. The number of nitrogens with one attached hydrogen (secondary N) is 1. The Balaban J connectivity index is 2.19. The van der Waals surface area contributed by atoms with E-state index < -0.39 is 0 Å². The molecule has 1 aromatic carbocycles. The molecular weight excluding hydrogens is 228 g/mol. The van der Waals surface area contributed by atoms with Gasteiger partial charge in [-0.05, 0) is 24.6 Å². The van der Waals surface area contributed by atoms with Gasteiger partial charge >= 0.3 is 0 Å². The number of aromatic amines is 1. The largest absolute Gasteiger partial charge is 0.497 e. The van der Waals surface area contributed by atoms with Crippen molar-refractivity contribution in [1.29, 1.82) is 0 Å². The Bertz CT molecular complexity index is 672. The summed E-state index contributed by atoms with van der Waals surface area (Å²) in [5.41, 5.74) is 3.63. The van der Waals surface area contributed by atoms with Gasteiger partial charge in [-0.2, -0.15) is 0 Å². The molecule has 0 aliphatic carbocycles. The summed E-state index contributed by atoms with van der Waals surface area (Å²) in [6, 6.07) is 5.90. The highest BCUT2D eigenvalue weighted by atomic mass is 16.5. The summed E-state index contributed by atoms with van der Waals surface area (Å²) in [6.45, 7) is 2.04. The highest BCUT2D eigenvalue weighted by Gasteiger charge is 2.09. The minimum atomic E-state index is 0.669. The summed E-state index contributed by atoms with van der Waals surface area (Å²) in [5, 5.41) is 0. The lowest BCUT2D eigenvalue weighted by atomic mass is 10.1. The second-order valence-corrected chi connectivity index (χ2v) is 4.03. The molecule has 0 saturated heterocycles. The number of benzene rings is 1. The van der Waals surface area contributed by atoms with Crippen LogP contribution in [-0.2, 0) is 0 Å². The Hall–Kier alpha value is -2.43. The predicted octanol–water partition coefficient (Wildman–Crippen LogP) is 2.34. The average molecular weight is 240 g/mol. The number of aryl methyl sites for hydroxylation is 1. The number of hydrogen-bond acceptors (Lipinski definition) is 4. The summed E-state index contributed by atoms with van der Waals surface area (Å²) >= 11 is 0. The van der Waals surface area contributed by atoms with Gasteiger partial charge in [0.05, 0.1) is 13.3 Å². The number of methoxy groups -OCH3 is 1. The molecule has 0 fully saturated rings. The molecule has 0 aliphatic rings. The van der Waals surface area contributed by atoms with Crippen LogP contribution < -0.4 is 4.74 Å². The summed E-state index contributed by atoms with van der Waals surface area (Å²) in [4.78, 5) is 15.8. The van der Waals surface area contributed by atoms with E-state index in [1.807, 2.05) is 25.1 Å². The van der Waals surface area contributed by atoms with E-state index in [1.165, 1.54) is 6.33 Å². The van der Waals surface area contributed by atoms with E-state index in [9.17, 15) is 0 Å². The maximum absolute atomic E-state index is 5.24. The number of ether oxygens (including phenoxy) is 1. The van der Waals surface area contributed by atoms with Crippen LogP contribution in [0.4, 0.5) is 0 Å². The number of rotatable bonds is 2. The molecule has 0 radical (unpaired) electrons. The van der Waals surface area contributed by atoms with Gasteiger partial charge in [-0.15, -0.1) is 0 Å². The predicted molar refractivity (Wildman–Crippen MR) is 68.4 cm³/mol. The van der Waals surface area contributed by atoms with Crippen molar-refractivity contribution >= 4 is 11.2 Å². The van der Waals surface area contributed by atoms with Crippen molar-refractivity contribution in [2.75, 3.05) is 7.11 Å². The maximum Gasteiger partial charge on any atom is 0.181 e. The minimum Gasteiger partial charge on any atom is -0.497 e. The minimum absolute atomic E-state index is 0.669. The first-order valence-corrected chi connectivity index (χ1v) is 5.58. The molecule has 3 rings (SSSR count). The van der Waals surface area contributed by atoms with E-state index in [-0.39, 0.29) is 0 Å². The van der Waals surface area contributed by atoms with E-state index in [2.05, 4.69) is 19.9 Å². The molecule has 18 heavy (non-hydrogen) atoms. The van der Waals surface area contributed by atoms with Crippen molar-refractivity contribution in [2.45, 2.75) is 6.92 Å². The summed E-state index contributed by atoms with van der Waals surface area (Å²) in [5.74, 6) is 1.59. The average Bonchev–Trinajstić information content (AvgIpc) is 2.82. The van der Waals surface area contributed by atoms with Crippen molar-refractivity contribution in [2.24, 2.45) is 0 Å². The molecule has 0 amide bonds. The third kappa shape index (κ3) is 1.69. The first-order chi connectivity index (χ1) is 8.78. The van der Waals surface area contributed by atoms with Crippen LogP contribution >= 0.6 is 0 Å². The van der Waals surface area contributed by atoms with Gasteiger partial charge in [0.2, 0.25) is 0 Å². The number of H-pyrrole nitrogens is 1. The van der Waals surface area contributed by atoms with Gasteiger partial charge in [-0.25, -0.2) is 15.0 Å². The number of hydrogen-bond donors (Lipinski definition) is 1. The van der Waals surface area contributed by atoms with E-state index in [0.29, 0.717) is 5.65 Å². The molecular formula is C13H12N4O.